The highest BCUT2D eigenvalue weighted by molar-refractivity contribution is 6.32. The molecule has 8 nitrogen and oxygen atoms in total. The molecule has 4 rings (SSSR count). The van der Waals surface area contributed by atoms with Crippen LogP contribution < -0.4 is 14.8 Å². The van der Waals surface area contributed by atoms with E-state index in [2.05, 4.69) is 20.7 Å². The first-order valence-electron chi connectivity index (χ1n) is 8.87. The Hall–Kier alpha value is -3.13. The Bertz CT molecular complexity index is 977. The van der Waals surface area contributed by atoms with Crippen LogP contribution in [0.25, 0.3) is 11.4 Å². The topological polar surface area (TPSA) is 91.2 Å². The SMILES string of the molecule is O=C(Cn1nnc(-c2ccccc2)n1)NCCc1cc(Cl)c2c(c1)OCCO2. The molecule has 28 heavy (non-hydrogen) atoms. The zero-order valence-electron chi connectivity index (χ0n) is 15.0. The highest BCUT2D eigenvalue weighted by Crippen LogP contribution is 2.38. The summed E-state index contributed by atoms with van der Waals surface area (Å²) in [7, 11) is 0. The second-order valence-corrected chi connectivity index (χ2v) is 6.62. The number of carbonyl (C=O) groups is 1. The fourth-order valence-electron chi connectivity index (χ4n) is 2.85. The molecule has 0 aliphatic carbocycles. The number of hydrogen-bond acceptors (Lipinski definition) is 6. The van der Waals surface area contributed by atoms with Crippen LogP contribution in [0.15, 0.2) is 42.5 Å². The van der Waals surface area contributed by atoms with Crippen molar-refractivity contribution in [1.29, 1.82) is 0 Å². The Morgan fingerprint density at radius 2 is 2.00 bits per heavy atom. The first-order chi connectivity index (χ1) is 13.7. The Morgan fingerprint density at radius 3 is 2.86 bits per heavy atom. The van der Waals surface area contributed by atoms with Crippen LogP contribution in [-0.4, -0.2) is 45.9 Å². The minimum Gasteiger partial charge on any atom is -0.486 e. The Kier molecular flexibility index (Phi) is 5.38. The van der Waals surface area contributed by atoms with E-state index in [-0.39, 0.29) is 12.5 Å². The average Bonchev–Trinajstić information content (AvgIpc) is 3.17. The number of tetrazole rings is 1. The van der Waals surface area contributed by atoms with Gasteiger partial charge in [-0.15, -0.1) is 10.2 Å². The summed E-state index contributed by atoms with van der Waals surface area (Å²) in [4.78, 5) is 13.4. The van der Waals surface area contributed by atoms with Crippen LogP contribution in [0, 0.1) is 0 Å². The first kappa shape index (κ1) is 18.2. The van der Waals surface area contributed by atoms with Gasteiger partial charge in [-0.3, -0.25) is 4.79 Å². The summed E-state index contributed by atoms with van der Waals surface area (Å²) in [5.41, 5.74) is 1.81. The van der Waals surface area contributed by atoms with Gasteiger partial charge in [0, 0.05) is 12.1 Å². The van der Waals surface area contributed by atoms with Gasteiger partial charge in [0.05, 0.1) is 5.02 Å². The lowest BCUT2D eigenvalue weighted by Crippen LogP contribution is -2.30. The normalized spacial score (nSPS) is 12.6. The minimum atomic E-state index is -0.194. The van der Waals surface area contributed by atoms with E-state index in [1.165, 1.54) is 4.80 Å². The third-order valence-electron chi connectivity index (χ3n) is 4.16. The standard InChI is InChI=1S/C19H18ClN5O3/c20-15-10-13(11-16-18(15)28-9-8-27-16)6-7-21-17(26)12-25-23-19(22-24-25)14-4-2-1-3-5-14/h1-5,10-11H,6-9,12H2,(H,21,26). The maximum Gasteiger partial charge on any atom is 0.243 e. The molecule has 0 fully saturated rings. The number of benzene rings is 2. The molecule has 0 atom stereocenters. The Balaban J connectivity index is 1.30. The maximum atomic E-state index is 12.1. The van der Waals surface area contributed by atoms with Crippen LogP contribution in [0.1, 0.15) is 5.56 Å². The number of halogens is 1. The van der Waals surface area contributed by atoms with Crippen LogP contribution in [0.3, 0.4) is 0 Å². The second-order valence-electron chi connectivity index (χ2n) is 6.21. The molecule has 9 heteroatoms. The molecular weight excluding hydrogens is 382 g/mol. The molecule has 1 aliphatic heterocycles. The van der Waals surface area contributed by atoms with E-state index in [4.69, 9.17) is 21.1 Å². The number of carbonyl (C=O) groups excluding carboxylic acids is 1. The van der Waals surface area contributed by atoms with E-state index in [0.29, 0.717) is 48.5 Å². The van der Waals surface area contributed by atoms with Gasteiger partial charge in [-0.2, -0.15) is 4.80 Å². The van der Waals surface area contributed by atoms with Crippen LogP contribution >= 0.6 is 11.6 Å². The van der Waals surface area contributed by atoms with Crippen molar-refractivity contribution >= 4 is 17.5 Å². The van der Waals surface area contributed by atoms with Crippen molar-refractivity contribution in [3.05, 3.63) is 53.1 Å². The zero-order chi connectivity index (χ0) is 19.3. The van der Waals surface area contributed by atoms with Gasteiger partial charge in [0.2, 0.25) is 11.7 Å². The van der Waals surface area contributed by atoms with Crippen molar-refractivity contribution < 1.29 is 14.3 Å². The number of nitrogens with zero attached hydrogens (tertiary/aromatic N) is 4. The largest absolute Gasteiger partial charge is 0.486 e. The maximum absolute atomic E-state index is 12.1. The fraction of sp³-hybridized carbons (Fsp3) is 0.263. The molecule has 1 amide bonds. The van der Waals surface area contributed by atoms with Gasteiger partial charge < -0.3 is 14.8 Å². The molecule has 1 N–H and O–H groups in total. The summed E-state index contributed by atoms with van der Waals surface area (Å²) in [6.07, 6.45) is 0.613. The summed E-state index contributed by atoms with van der Waals surface area (Å²) in [6.45, 7) is 1.45. The van der Waals surface area contributed by atoms with E-state index in [1.807, 2.05) is 42.5 Å². The lowest BCUT2D eigenvalue weighted by molar-refractivity contribution is -0.122. The van der Waals surface area contributed by atoms with Crippen molar-refractivity contribution in [2.45, 2.75) is 13.0 Å². The summed E-state index contributed by atoms with van der Waals surface area (Å²) >= 11 is 6.23. The second kappa shape index (κ2) is 8.26. The molecular formula is C19H18ClN5O3. The number of rotatable bonds is 6. The molecule has 3 aromatic rings. The number of amides is 1. The van der Waals surface area contributed by atoms with Gasteiger partial charge in [0.25, 0.3) is 0 Å². The van der Waals surface area contributed by atoms with Crippen molar-refractivity contribution in [3.63, 3.8) is 0 Å². The van der Waals surface area contributed by atoms with E-state index < -0.39 is 0 Å². The number of hydrogen-bond donors (Lipinski definition) is 1. The van der Waals surface area contributed by atoms with E-state index in [0.717, 1.165) is 11.1 Å². The smallest absolute Gasteiger partial charge is 0.243 e. The molecule has 0 unspecified atom stereocenters. The van der Waals surface area contributed by atoms with Crippen molar-refractivity contribution in [2.75, 3.05) is 19.8 Å². The highest BCUT2D eigenvalue weighted by Gasteiger charge is 2.16. The summed E-state index contributed by atoms with van der Waals surface area (Å²) in [5.74, 6) is 1.51. The summed E-state index contributed by atoms with van der Waals surface area (Å²) < 4.78 is 11.1. The molecule has 2 aromatic carbocycles. The minimum absolute atomic E-state index is 0.00171. The lowest BCUT2D eigenvalue weighted by atomic mass is 10.1. The van der Waals surface area contributed by atoms with Crippen LogP contribution in [-0.2, 0) is 17.8 Å². The molecule has 0 spiro atoms. The number of nitrogens with one attached hydrogen (secondary N) is 1. The van der Waals surface area contributed by atoms with E-state index >= 15 is 0 Å². The molecule has 144 valence electrons. The molecule has 0 saturated heterocycles. The summed E-state index contributed by atoms with van der Waals surface area (Å²) in [5, 5.41) is 15.5. The van der Waals surface area contributed by atoms with Crippen LogP contribution in [0.2, 0.25) is 5.02 Å². The average molecular weight is 400 g/mol. The highest BCUT2D eigenvalue weighted by atomic mass is 35.5. The zero-order valence-corrected chi connectivity index (χ0v) is 15.7. The van der Waals surface area contributed by atoms with Gasteiger partial charge in [-0.05, 0) is 29.3 Å². The number of ether oxygens (including phenoxy) is 2. The van der Waals surface area contributed by atoms with Crippen molar-refractivity contribution in [3.8, 4) is 22.9 Å². The van der Waals surface area contributed by atoms with Crippen LogP contribution in [0.5, 0.6) is 11.5 Å². The molecule has 2 heterocycles. The van der Waals surface area contributed by atoms with Gasteiger partial charge in [-0.25, -0.2) is 0 Å². The van der Waals surface area contributed by atoms with E-state index in [1.54, 1.807) is 0 Å². The number of fused-ring (bicyclic) bond motifs is 1. The van der Waals surface area contributed by atoms with Crippen LogP contribution in [0.4, 0.5) is 0 Å². The summed E-state index contributed by atoms with van der Waals surface area (Å²) in [6, 6.07) is 13.2. The third-order valence-corrected chi connectivity index (χ3v) is 4.44. The Morgan fingerprint density at radius 1 is 1.18 bits per heavy atom. The van der Waals surface area contributed by atoms with Gasteiger partial charge in [0.15, 0.2) is 11.5 Å². The van der Waals surface area contributed by atoms with Gasteiger partial charge in [-0.1, -0.05) is 41.9 Å². The van der Waals surface area contributed by atoms with E-state index in [9.17, 15) is 4.79 Å². The van der Waals surface area contributed by atoms with Crippen molar-refractivity contribution in [2.24, 2.45) is 0 Å². The molecule has 1 aromatic heterocycles. The van der Waals surface area contributed by atoms with Crippen molar-refractivity contribution in [1.82, 2.24) is 25.5 Å². The monoisotopic (exact) mass is 399 g/mol. The molecule has 0 radical (unpaired) electrons. The number of aromatic nitrogens is 4. The van der Waals surface area contributed by atoms with Gasteiger partial charge >= 0.3 is 0 Å². The lowest BCUT2D eigenvalue weighted by Gasteiger charge is -2.20. The quantitative estimate of drug-likeness (QED) is 0.682. The predicted octanol–water partition coefficient (Wildman–Crippen LogP) is 2.12. The Labute approximate surface area is 166 Å². The molecule has 0 bridgehead atoms. The van der Waals surface area contributed by atoms with Gasteiger partial charge in [0.1, 0.15) is 19.8 Å². The first-order valence-corrected chi connectivity index (χ1v) is 9.25. The fourth-order valence-corrected chi connectivity index (χ4v) is 3.14. The molecule has 0 saturated carbocycles. The molecule has 1 aliphatic rings. The third kappa shape index (κ3) is 4.23. The predicted molar refractivity (Wildman–Crippen MR) is 102 cm³/mol.